The summed E-state index contributed by atoms with van der Waals surface area (Å²) in [6, 6.07) is 7.05. The molecule has 0 radical (unpaired) electrons. The maximum absolute atomic E-state index is 12.3. The Kier molecular flexibility index (Phi) is 5.62. The van der Waals surface area contributed by atoms with E-state index in [1.807, 2.05) is 32.9 Å². The predicted octanol–water partition coefficient (Wildman–Crippen LogP) is 1.56. The first kappa shape index (κ1) is 17.7. The van der Waals surface area contributed by atoms with E-state index in [1.165, 1.54) is 0 Å². The zero-order valence-electron chi connectivity index (χ0n) is 13.5. The molecule has 0 spiro atoms. The van der Waals surface area contributed by atoms with Crippen molar-refractivity contribution in [2.24, 2.45) is 5.92 Å². The molecule has 0 aliphatic carbocycles. The monoisotopic (exact) mass is 339 g/mol. The number of hydrogen-bond acceptors (Lipinski definition) is 5. The van der Waals surface area contributed by atoms with Crippen molar-refractivity contribution >= 4 is 23.5 Å². The van der Waals surface area contributed by atoms with Crippen molar-refractivity contribution in [3.63, 3.8) is 0 Å². The molecule has 1 amide bonds. The van der Waals surface area contributed by atoms with E-state index >= 15 is 0 Å². The molecule has 2 atom stereocenters. The highest BCUT2D eigenvalue weighted by Crippen LogP contribution is 2.26. The van der Waals surface area contributed by atoms with Gasteiger partial charge in [0, 0.05) is 17.1 Å². The fraction of sp³-hybridized carbons (Fsp3) is 0.500. The summed E-state index contributed by atoms with van der Waals surface area (Å²) in [7, 11) is 0. The van der Waals surface area contributed by atoms with Gasteiger partial charge in [0.2, 0.25) is 0 Å². The smallest absolute Gasteiger partial charge is 0.312 e. The average molecular weight is 340 g/mol. The van der Waals surface area contributed by atoms with Gasteiger partial charge < -0.3 is 10.1 Å². The van der Waals surface area contributed by atoms with Gasteiger partial charge in [0.1, 0.15) is 0 Å². The van der Waals surface area contributed by atoms with Crippen molar-refractivity contribution in [1.82, 2.24) is 16.2 Å². The lowest BCUT2D eigenvalue weighted by molar-refractivity contribution is -0.152. The van der Waals surface area contributed by atoms with E-state index in [0.29, 0.717) is 11.6 Å². The van der Waals surface area contributed by atoms with Crippen molar-refractivity contribution < 1.29 is 14.3 Å². The lowest BCUT2D eigenvalue weighted by Crippen LogP contribution is -2.43. The van der Waals surface area contributed by atoms with Gasteiger partial charge in [0.15, 0.2) is 6.61 Å². The second kappa shape index (κ2) is 7.29. The zero-order valence-corrected chi connectivity index (χ0v) is 14.2. The third kappa shape index (κ3) is 5.20. The van der Waals surface area contributed by atoms with Gasteiger partial charge in [-0.25, -0.2) is 5.43 Å². The van der Waals surface area contributed by atoms with Crippen molar-refractivity contribution in [2.45, 2.75) is 32.4 Å². The summed E-state index contributed by atoms with van der Waals surface area (Å²) >= 11 is 5.88. The summed E-state index contributed by atoms with van der Waals surface area (Å²) in [5.41, 5.74) is 6.59. The van der Waals surface area contributed by atoms with Crippen LogP contribution >= 0.6 is 11.6 Å². The molecule has 1 aromatic rings. The third-order valence-electron chi connectivity index (χ3n) is 3.37. The van der Waals surface area contributed by atoms with Gasteiger partial charge in [-0.2, -0.15) is 0 Å². The number of halogens is 1. The molecule has 0 aromatic heterocycles. The predicted molar refractivity (Wildman–Crippen MR) is 87.7 cm³/mol. The number of ether oxygens (including phenoxy) is 1. The van der Waals surface area contributed by atoms with E-state index in [4.69, 9.17) is 16.3 Å². The third-order valence-corrected chi connectivity index (χ3v) is 3.63. The molecule has 1 heterocycles. The standard InChI is InChI=1S/C16H22ClN3O3/c1-16(2,3)19-13(21)9-23-15(22)12-8-18-20-14(12)10-4-6-11(17)7-5-10/h4-7,12,14,18,20H,8-9H2,1-3H3,(H,19,21). The summed E-state index contributed by atoms with van der Waals surface area (Å²) < 4.78 is 5.15. The van der Waals surface area contributed by atoms with Crippen molar-refractivity contribution in [1.29, 1.82) is 0 Å². The van der Waals surface area contributed by atoms with Gasteiger partial charge in [-0.1, -0.05) is 23.7 Å². The number of amides is 1. The normalized spacial score (nSPS) is 21.0. The highest BCUT2D eigenvalue weighted by atomic mass is 35.5. The molecular weight excluding hydrogens is 318 g/mol. The molecule has 23 heavy (non-hydrogen) atoms. The number of hydrazine groups is 1. The van der Waals surface area contributed by atoms with Gasteiger partial charge >= 0.3 is 5.97 Å². The minimum absolute atomic E-state index is 0.217. The SMILES string of the molecule is CC(C)(C)NC(=O)COC(=O)C1CNNC1c1ccc(Cl)cc1. The van der Waals surface area contributed by atoms with Gasteiger partial charge in [0.05, 0.1) is 12.0 Å². The zero-order chi connectivity index (χ0) is 17.0. The van der Waals surface area contributed by atoms with Crippen LogP contribution in [0.2, 0.25) is 5.02 Å². The van der Waals surface area contributed by atoms with E-state index in [9.17, 15) is 9.59 Å². The van der Waals surface area contributed by atoms with Crippen LogP contribution in [0.3, 0.4) is 0 Å². The van der Waals surface area contributed by atoms with E-state index in [1.54, 1.807) is 12.1 Å². The Bertz CT molecular complexity index is 569. The molecule has 0 saturated carbocycles. The summed E-state index contributed by atoms with van der Waals surface area (Å²) in [6.07, 6.45) is 0. The molecule has 7 heteroatoms. The molecule has 2 unspecified atom stereocenters. The van der Waals surface area contributed by atoms with Gasteiger partial charge in [-0.15, -0.1) is 0 Å². The van der Waals surface area contributed by atoms with Crippen LogP contribution in [-0.2, 0) is 14.3 Å². The number of carbonyl (C=O) groups is 2. The fourth-order valence-electron chi connectivity index (χ4n) is 2.40. The number of hydrogen-bond donors (Lipinski definition) is 3. The van der Waals surface area contributed by atoms with Crippen LogP contribution in [0.1, 0.15) is 32.4 Å². The Labute approximate surface area is 140 Å². The highest BCUT2D eigenvalue weighted by molar-refractivity contribution is 6.30. The summed E-state index contributed by atoms with van der Waals surface area (Å²) in [5, 5.41) is 3.39. The molecule has 1 saturated heterocycles. The lowest BCUT2D eigenvalue weighted by Gasteiger charge is -2.21. The van der Waals surface area contributed by atoms with E-state index in [-0.39, 0.29) is 24.1 Å². The average Bonchev–Trinajstić information content (AvgIpc) is 2.93. The molecule has 1 aliphatic rings. The number of nitrogens with one attached hydrogen (secondary N) is 3. The molecule has 1 aliphatic heterocycles. The highest BCUT2D eigenvalue weighted by Gasteiger charge is 2.35. The first-order valence-corrected chi connectivity index (χ1v) is 7.85. The van der Waals surface area contributed by atoms with Gasteiger partial charge in [-0.3, -0.25) is 15.0 Å². The molecule has 1 aromatic carbocycles. The summed E-state index contributed by atoms with van der Waals surface area (Å²) in [4.78, 5) is 24.0. The summed E-state index contributed by atoms with van der Waals surface area (Å²) in [5.74, 6) is -1.13. The second-order valence-electron chi connectivity index (χ2n) is 6.57. The van der Waals surface area contributed by atoms with Crippen LogP contribution in [0.4, 0.5) is 0 Å². The maximum atomic E-state index is 12.3. The van der Waals surface area contributed by atoms with E-state index < -0.39 is 11.9 Å². The van der Waals surface area contributed by atoms with Crippen molar-refractivity contribution in [3.8, 4) is 0 Å². The maximum Gasteiger partial charge on any atom is 0.312 e. The minimum atomic E-state index is -0.411. The molecule has 0 bridgehead atoms. The number of benzene rings is 1. The molecule has 3 N–H and O–H groups in total. The van der Waals surface area contributed by atoms with Crippen LogP contribution in [0, 0.1) is 5.92 Å². The quantitative estimate of drug-likeness (QED) is 0.726. The molecular formula is C16H22ClN3O3. The van der Waals surface area contributed by atoms with Crippen LogP contribution in [-0.4, -0.2) is 30.6 Å². The number of esters is 1. The topological polar surface area (TPSA) is 79.5 Å². The van der Waals surface area contributed by atoms with Gasteiger partial charge in [0.25, 0.3) is 5.91 Å². The summed E-state index contributed by atoms with van der Waals surface area (Å²) in [6.45, 7) is 5.77. The van der Waals surface area contributed by atoms with Crippen LogP contribution in [0.5, 0.6) is 0 Å². The Morgan fingerprint density at radius 1 is 1.30 bits per heavy atom. The van der Waals surface area contributed by atoms with E-state index in [2.05, 4.69) is 16.2 Å². The van der Waals surface area contributed by atoms with E-state index in [0.717, 1.165) is 5.56 Å². The first-order valence-electron chi connectivity index (χ1n) is 7.48. The molecule has 1 fully saturated rings. The number of carbonyl (C=O) groups excluding carboxylic acids is 2. The Morgan fingerprint density at radius 2 is 1.96 bits per heavy atom. The van der Waals surface area contributed by atoms with Crippen LogP contribution in [0.25, 0.3) is 0 Å². The van der Waals surface area contributed by atoms with Crippen molar-refractivity contribution in [3.05, 3.63) is 34.9 Å². The fourth-order valence-corrected chi connectivity index (χ4v) is 2.53. The molecule has 126 valence electrons. The van der Waals surface area contributed by atoms with Crippen molar-refractivity contribution in [2.75, 3.05) is 13.2 Å². The number of rotatable bonds is 4. The Balaban J connectivity index is 1.93. The Hall–Kier alpha value is -1.63. The Morgan fingerprint density at radius 3 is 2.57 bits per heavy atom. The van der Waals surface area contributed by atoms with Gasteiger partial charge in [-0.05, 0) is 38.5 Å². The molecule has 2 rings (SSSR count). The first-order chi connectivity index (χ1) is 10.8. The molecule has 6 nitrogen and oxygen atoms in total. The largest absolute Gasteiger partial charge is 0.455 e. The van der Waals surface area contributed by atoms with Crippen LogP contribution < -0.4 is 16.2 Å². The second-order valence-corrected chi connectivity index (χ2v) is 7.00. The minimum Gasteiger partial charge on any atom is -0.455 e. The lowest BCUT2D eigenvalue weighted by atomic mass is 9.95. The van der Waals surface area contributed by atoms with Crippen LogP contribution in [0.15, 0.2) is 24.3 Å².